The van der Waals surface area contributed by atoms with Crippen molar-refractivity contribution in [3.63, 3.8) is 0 Å². The number of hydrogen-bond acceptors (Lipinski definition) is 3. The molecule has 0 fully saturated rings. The Hall–Kier alpha value is -0.610. The fourth-order valence-corrected chi connectivity index (χ4v) is 1.88. The molecule has 1 N–H and O–H groups in total. The second-order valence-electron chi connectivity index (χ2n) is 4.56. The summed E-state index contributed by atoms with van der Waals surface area (Å²) in [4.78, 5) is 2.29. The lowest BCUT2D eigenvalue weighted by molar-refractivity contribution is 0.197. The molecular weight excluding hydrogens is 248 g/mol. The number of methoxy groups -OCH3 is 1. The number of likely N-dealkylation sites (N-methyl/N-ethyl adjacent to an activating group) is 1. The van der Waals surface area contributed by atoms with Crippen LogP contribution in [-0.4, -0.2) is 45.3 Å². The molecule has 18 heavy (non-hydrogen) atoms. The highest BCUT2D eigenvalue weighted by molar-refractivity contribution is 6.31. The number of rotatable bonds is 8. The molecule has 1 rings (SSSR count). The highest BCUT2D eigenvalue weighted by Crippen LogP contribution is 2.16. The van der Waals surface area contributed by atoms with E-state index in [1.54, 1.807) is 7.11 Å². The van der Waals surface area contributed by atoms with Crippen molar-refractivity contribution in [1.29, 1.82) is 0 Å². The topological polar surface area (TPSA) is 24.5 Å². The van der Waals surface area contributed by atoms with E-state index in [1.165, 1.54) is 5.56 Å². The van der Waals surface area contributed by atoms with Crippen LogP contribution in [-0.2, 0) is 11.3 Å². The summed E-state index contributed by atoms with van der Waals surface area (Å²) in [6, 6.07) is 6.21. The molecule has 0 bridgehead atoms. The Morgan fingerprint density at radius 3 is 2.78 bits per heavy atom. The van der Waals surface area contributed by atoms with Crippen molar-refractivity contribution in [2.45, 2.75) is 13.5 Å². The van der Waals surface area contributed by atoms with Gasteiger partial charge in [-0.15, -0.1) is 0 Å². The lowest BCUT2D eigenvalue weighted by Crippen LogP contribution is -2.30. The maximum absolute atomic E-state index is 6.01. The van der Waals surface area contributed by atoms with E-state index in [4.69, 9.17) is 16.3 Å². The molecule has 3 nitrogen and oxygen atoms in total. The first-order valence-corrected chi connectivity index (χ1v) is 6.64. The summed E-state index contributed by atoms with van der Waals surface area (Å²) in [7, 11) is 3.85. The summed E-state index contributed by atoms with van der Waals surface area (Å²) in [5.41, 5.74) is 2.44. The average Bonchev–Trinajstić information content (AvgIpc) is 2.34. The normalized spacial score (nSPS) is 11.2. The van der Waals surface area contributed by atoms with Crippen molar-refractivity contribution in [1.82, 2.24) is 10.2 Å². The molecule has 4 heteroatoms. The summed E-state index contributed by atoms with van der Waals surface area (Å²) < 4.78 is 4.98. The Morgan fingerprint density at radius 2 is 2.11 bits per heavy atom. The van der Waals surface area contributed by atoms with Gasteiger partial charge in [0.25, 0.3) is 0 Å². The molecule has 102 valence electrons. The minimum Gasteiger partial charge on any atom is -0.383 e. The molecule has 0 aliphatic heterocycles. The minimum absolute atomic E-state index is 0.764. The molecule has 1 aromatic rings. The molecule has 0 atom stereocenters. The van der Waals surface area contributed by atoms with Crippen molar-refractivity contribution in [3.8, 4) is 0 Å². The van der Waals surface area contributed by atoms with Gasteiger partial charge in [0.15, 0.2) is 0 Å². The van der Waals surface area contributed by atoms with Gasteiger partial charge in [-0.25, -0.2) is 0 Å². The van der Waals surface area contributed by atoms with Crippen LogP contribution in [0.4, 0.5) is 0 Å². The van der Waals surface area contributed by atoms with Crippen LogP contribution in [0.3, 0.4) is 0 Å². The maximum atomic E-state index is 6.01. The standard InChI is InChI=1S/C14H23ClN2O/c1-12-10-13(4-5-14(12)15)11-17(2)8-6-16-7-9-18-3/h4-5,10,16H,6-9,11H2,1-3H3. The number of nitrogens with one attached hydrogen (secondary N) is 1. The van der Waals surface area contributed by atoms with Crippen LogP contribution >= 0.6 is 11.6 Å². The number of ether oxygens (including phenoxy) is 1. The second-order valence-corrected chi connectivity index (χ2v) is 4.97. The van der Waals surface area contributed by atoms with E-state index in [0.717, 1.165) is 43.4 Å². The van der Waals surface area contributed by atoms with Crippen LogP contribution in [0.15, 0.2) is 18.2 Å². The Morgan fingerprint density at radius 1 is 1.33 bits per heavy atom. The van der Waals surface area contributed by atoms with Crippen LogP contribution in [0, 0.1) is 6.92 Å². The molecule has 0 aliphatic rings. The fraction of sp³-hybridized carbons (Fsp3) is 0.571. The highest BCUT2D eigenvalue weighted by atomic mass is 35.5. The van der Waals surface area contributed by atoms with Crippen LogP contribution in [0.25, 0.3) is 0 Å². The predicted octanol–water partition coefficient (Wildman–Crippen LogP) is 2.32. The van der Waals surface area contributed by atoms with Gasteiger partial charge in [0, 0.05) is 38.3 Å². The highest BCUT2D eigenvalue weighted by Gasteiger charge is 2.02. The predicted molar refractivity (Wildman–Crippen MR) is 77.3 cm³/mol. The van der Waals surface area contributed by atoms with Crippen molar-refractivity contribution in [2.24, 2.45) is 0 Å². The number of nitrogens with zero attached hydrogens (tertiary/aromatic N) is 1. The third kappa shape index (κ3) is 5.83. The molecule has 0 spiro atoms. The molecule has 0 saturated carbocycles. The smallest absolute Gasteiger partial charge is 0.0587 e. The Balaban J connectivity index is 2.26. The van der Waals surface area contributed by atoms with E-state index in [-0.39, 0.29) is 0 Å². The first kappa shape index (κ1) is 15.4. The Labute approximate surface area is 115 Å². The van der Waals surface area contributed by atoms with Crippen molar-refractivity contribution in [2.75, 3.05) is 40.4 Å². The molecular formula is C14H23ClN2O. The summed E-state index contributed by atoms with van der Waals surface area (Å²) in [5, 5.41) is 4.17. The molecule has 0 unspecified atom stereocenters. The minimum atomic E-state index is 0.764. The zero-order valence-corrected chi connectivity index (χ0v) is 12.3. The summed E-state index contributed by atoms with van der Waals surface area (Å²) in [5.74, 6) is 0. The van der Waals surface area contributed by atoms with E-state index in [9.17, 15) is 0 Å². The van der Waals surface area contributed by atoms with Crippen LogP contribution in [0.1, 0.15) is 11.1 Å². The monoisotopic (exact) mass is 270 g/mol. The van der Waals surface area contributed by atoms with Crippen LogP contribution in [0.2, 0.25) is 5.02 Å². The Bertz CT molecular complexity index is 358. The zero-order chi connectivity index (χ0) is 13.4. The molecule has 0 amide bonds. The van der Waals surface area contributed by atoms with Gasteiger partial charge in [-0.05, 0) is 31.2 Å². The average molecular weight is 271 g/mol. The van der Waals surface area contributed by atoms with E-state index < -0.39 is 0 Å². The van der Waals surface area contributed by atoms with Crippen molar-refractivity contribution in [3.05, 3.63) is 34.3 Å². The van der Waals surface area contributed by atoms with Gasteiger partial charge >= 0.3 is 0 Å². The fourth-order valence-electron chi connectivity index (χ4n) is 1.77. The quantitative estimate of drug-likeness (QED) is 0.734. The molecule has 0 saturated heterocycles. The van der Waals surface area contributed by atoms with E-state index >= 15 is 0 Å². The molecule has 0 aromatic heterocycles. The van der Waals surface area contributed by atoms with Gasteiger partial charge < -0.3 is 15.0 Å². The largest absolute Gasteiger partial charge is 0.383 e. The number of halogens is 1. The van der Waals surface area contributed by atoms with Crippen LogP contribution < -0.4 is 5.32 Å². The number of benzene rings is 1. The maximum Gasteiger partial charge on any atom is 0.0587 e. The summed E-state index contributed by atoms with van der Waals surface area (Å²) >= 11 is 6.01. The molecule has 0 aliphatic carbocycles. The zero-order valence-electron chi connectivity index (χ0n) is 11.5. The summed E-state index contributed by atoms with van der Waals surface area (Å²) in [6.45, 7) is 6.66. The first-order valence-electron chi connectivity index (χ1n) is 6.26. The van der Waals surface area contributed by atoms with Gasteiger partial charge in [-0.2, -0.15) is 0 Å². The molecule has 0 heterocycles. The number of aryl methyl sites for hydroxylation is 1. The van der Waals surface area contributed by atoms with Gasteiger partial charge in [-0.1, -0.05) is 23.7 Å². The van der Waals surface area contributed by atoms with Gasteiger partial charge in [0.1, 0.15) is 0 Å². The SMILES string of the molecule is COCCNCCN(C)Cc1ccc(Cl)c(C)c1. The molecule has 0 radical (unpaired) electrons. The Kier molecular flexibility index (Phi) is 7.28. The van der Waals surface area contributed by atoms with Crippen LogP contribution in [0.5, 0.6) is 0 Å². The number of hydrogen-bond donors (Lipinski definition) is 1. The van der Waals surface area contributed by atoms with E-state index in [1.807, 2.05) is 13.0 Å². The first-order chi connectivity index (χ1) is 8.63. The third-order valence-electron chi connectivity index (χ3n) is 2.83. The van der Waals surface area contributed by atoms with Crippen molar-refractivity contribution < 1.29 is 4.74 Å². The van der Waals surface area contributed by atoms with Crippen molar-refractivity contribution >= 4 is 11.6 Å². The second kappa shape index (κ2) is 8.48. The van der Waals surface area contributed by atoms with E-state index in [2.05, 4.69) is 29.4 Å². The summed E-state index contributed by atoms with van der Waals surface area (Å²) in [6.07, 6.45) is 0. The third-order valence-corrected chi connectivity index (χ3v) is 3.25. The van der Waals surface area contributed by atoms with Gasteiger partial charge in [0.2, 0.25) is 0 Å². The van der Waals surface area contributed by atoms with Gasteiger partial charge in [-0.3, -0.25) is 0 Å². The lowest BCUT2D eigenvalue weighted by atomic mass is 10.1. The van der Waals surface area contributed by atoms with Gasteiger partial charge in [0.05, 0.1) is 6.61 Å². The molecule has 1 aromatic carbocycles. The lowest BCUT2D eigenvalue weighted by Gasteiger charge is -2.17. The van der Waals surface area contributed by atoms with E-state index in [0.29, 0.717) is 0 Å².